The van der Waals surface area contributed by atoms with E-state index in [1.807, 2.05) is 42.5 Å². The van der Waals surface area contributed by atoms with Gasteiger partial charge in [-0.15, -0.1) is 11.3 Å². The number of nitriles is 1. The smallest absolute Gasteiger partial charge is 0.195 e. The van der Waals surface area contributed by atoms with Crippen LogP contribution in [0, 0.1) is 18.3 Å². The van der Waals surface area contributed by atoms with Gasteiger partial charge in [-0.25, -0.2) is 4.98 Å². The van der Waals surface area contributed by atoms with Gasteiger partial charge < -0.3 is 14.2 Å². The van der Waals surface area contributed by atoms with Crippen LogP contribution in [0.3, 0.4) is 0 Å². The maximum absolute atomic E-state index is 9.54. The number of benzene rings is 2. The molecule has 0 fully saturated rings. The lowest BCUT2D eigenvalue weighted by Crippen LogP contribution is -1.97. The van der Waals surface area contributed by atoms with E-state index in [0.717, 1.165) is 43.8 Å². The Morgan fingerprint density at radius 2 is 1.67 bits per heavy atom. The van der Waals surface area contributed by atoms with E-state index in [9.17, 15) is 5.26 Å². The van der Waals surface area contributed by atoms with Crippen LogP contribution in [-0.2, 0) is 6.42 Å². The topological polar surface area (TPSA) is 68.8 Å². The molecule has 4 rings (SSSR count). The molecule has 0 aliphatic carbocycles. The molecule has 0 amide bonds. The molecule has 2 aromatic carbocycles. The normalized spacial score (nSPS) is 10.8. The van der Waals surface area contributed by atoms with Crippen LogP contribution in [-0.4, -0.2) is 30.7 Å². The number of aryl methyl sites for hydroxylation is 1. The second-order valence-corrected chi connectivity index (χ2v) is 7.85. The van der Waals surface area contributed by atoms with Crippen molar-refractivity contribution in [1.82, 2.24) is 9.38 Å². The second kappa shape index (κ2) is 8.09. The number of ether oxygens (including phenoxy) is 3. The second-order valence-electron chi connectivity index (χ2n) is 6.67. The van der Waals surface area contributed by atoms with Crippen molar-refractivity contribution in [2.45, 2.75) is 13.3 Å². The summed E-state index contributed by atoms with van der Waals surface area (Å²) in [6.07, 6.45) is 0.240. The van der Waals surface area contributed by atoms with Gasteiger partial charge in [0.2, 0.25) is 0 Å². The highest BCUT2D eigenvalue weighted by Crippen LogP contribution is 2.39. The van der Waals surface area contributed by atoms with Crippen LogP contribution in [0.4, 0.5) is 0 Å². The van der Waals surface area contributed by atoms with Gasteiger partial charge in [0.05, 0.1) is 50.9 Å². The van der Waals surface area contributed by atoms with E-state index < -0.39 is 0 Å². The van der Waals surface area contributed by atoms with Crippen LogP contribution in [0.1, 0.15) is 10.6 Å². The molecule has 0 aliphatic rings. The van der Waals surface area contributed by atoms with E-state index in [2.05, 4.69) is 17.4 Å². The zero-order valence-corrected chi connectivity index (χ0v) is 18.0. The molecule has 0 spiro atoms. The molecule has 30 heavy (non-hydrogen) atoms. The standard InChI is InChI=1S/C23H21N3O3S/c1-14-22(15-5-8-17(27-2)9-6-15)26-18(11-12-24)21(25-23(26)30-14)16-7-10-19(28-3)20(13-16)29-4/h5-10,13H,11H2,1-4H3. The lowest BCUT2D eigenvalue weighted by Gasteiger charge is -2.10. The molecule has 0 aliphatic heterocycles. The Labute approximate surface area is 178 Å². The van der Waals surface area contributed by atoms with Gasteiger partial charge in [-0.05, 0) is 55.0 Å². The van der Waals surface area contributed by atoms with E-state index in [1.54, 1.807) is 32.7 Å². The molecule has 7 heteroatoms. The van der Waals surface area contributed by atoms with Crippen molar-refractivity contribution in [3.8, 4) is 45.8 Å². The van der Waals surface area contributed by atoms with Crippen LogP contribution in [0.2, 0.25) is 0 Å². The first kappa shape index (κ1) is 19.8. The highest BCUT2D eigenvalue weighted by molar-refractivity contribution is 7.17. The maximum atomic E-state index is 9.54. The van der Waals surface area contributed by atoms with Crippen LogP contribution in [0.25, 0.3) is 27.5 Å². The highest BCUT2D eigenvalue weighted by atomic mass is 32.1. The van der Waals surface area contributed by atoms with Gasteiger partial charge in [-0.3, -0.25) is 4.40 Å². The molecular weight excluding hydrogens is 398 g/mol. The van der Waals surface area contributed by atoms with Crippen molar-refractivity contribution < 1.29 is 14.2 Å². The zero-order chi connectivity index (χ0) is 21.3. The van der Waals surface area contributed by atoms with Crippen molar-refractivity contribution >= 4 is 16.3 Å². The van der Waals surface area contributed by atoms with Crippen molar-refractivity contribution in [2.24, 2.45) is 0 Å². The molecule has 152 valence electrons. The summed E-state index contributed by atoms with van der Waals surface area (Å²) in [5, 5.41) is 9.54. The average Bonchev–Trinajstić information content (AvgIpc) is 3.28. The largest absolute Gasteiger partial charge is 0.497 e. The molecule has 0 bridgehead atoms. The third-order valence-electron chi connectivity index (χ3n) is 5.01. The van der Waals surface area contributed by atoms with Crippen molar-refractivity contribution in [1.29, 1.82) is 5.26 Å². The fourth-order valence-electron chi connectivity index (χ4n) is 3.61. The first-order valence-corrected chi connectivity index (χ1v) is 10.2. The van der Waals surface area contributed by atoms with Crippen LogP contribution in [0.5, 0.6) is 17.2 Å². The Bertz CT molecular complexity index is 1250. The summed E-state index contributed by atoms with van der Waals surface area (Å²) in [4.78, 5) is 6.88. The molecule has 0 saturated carbocycles. The minimum absolute atomic E-state index is 0.240. The van der Waals surface area contributed by atoms with Crippen molar-refractivity contribution in [3.05, 3.63) is 53.0 Å². The SMILES string of the molecule is COc1ccc(-c2c(C)sc3nc(-c4ccc(OC)c(OC)c4)c(CC#N)n23)cc1. The minimum atomic E-state index is 0.240. The summed E-state index contributed by atoms with van der Waals surface area (Å²) >= 11 is 1.61. The monoisotopic (exact) mass is 419 g/mol. The first-order valence-electron chi connectivity index (χ1n) is 9.35. The summed E-state index contributed by atoms with van der Waals surface area (Å²) in [7, 11) is 4.86. The fourth-order valence-corrected chi connectivity index (χ4v) is 4.62. The summed E-state index contributed by atoms with van der Waals surface area (Å²) in [6, 6.07) is 15.9. The molecule has 0 unspecified atom stereocenters. The summed E-state index contributed by atoms with van der Waals surface area (Å²) in [6.45, 7) is 2.07. The molecule has 0 saturated heterocycles. The van der Waals surface area contributed by atoms with E-state index >= 15 is 0 Å². The van der Waals surface area contributed by atoms with E-state index in [4.69, 9.17) is 19.2 Å². The lowest BCUT2D eigenvalue weighted by molar-refractivity contribution is 0.355. The number of imidazole rings is 1. The van der Waals surface area contributed by atoms with Crippen LogP contribution >= 0.6 is 11.3 Å². The van der Waals surface area contributed by atoms with Crippen LogP contribution < -0.4 is 14.2 Å². The predicted molar refractivity (Wildman–Crippen MR) is 118 cm³/mol. The Balaban J connectivity index is 1.94. The van der Waals surface area contributed by atoms with Gasteiger partial charge in [0.15, 0.2) is 16.5 Å². The van der Waals surface area contributed by atoms with Crippen molar-refractivity contribution in [2.75, 3.05) is 21.3 Å². The van der Waals surface area contributed by atoms with Gasteiger partial charge in [0.25, 0.3) is 0 Å². The third kappa shape index (κ3) is 3.25. The fraction of sp³-hybridized carbons (Fsp3) is 0.217. The summed E-state index contributed by atoms with van der Waals surface area (Å²) in [5.41, 5.74) is 4.61. The Morgan fingerprint density at radius 1 is 0.967 bits per heavy atom. The predicted octanol–water partition coefficient (Wildman–Crippen LogP) is 5.13. The van der Waals surface area contributed by atoms with Gasteiger partial charge >= 0.3 is 0 Å². The van der Waals surface area contributed by atoms with Gasteiger partial charge in [0, 0.05) is 10.4 Å². The van der Waals surface area contributed by atoms with Gasteiger partial charge in [0.1, 0.15) is 5.75 Å². The average molecular weight is 420 g/mol. The van der Waals surface area contributed by atoms with E-state index in [0.29, 0.717) is 11.5 Å². The number of rotatable bonds is 6. The quantitative estimate of drug-likeness (QED) is 0.433. The third-order valence-corrected chi connectivity index (χ3v) is 5.97. The van der Waals surface area contributed by atoms with E-state index in [1.165, 1.54) is 0 Å². The molecule has 6 nitrogen and oxygen atoms in total. The number of thiazole rings is 1. The molecule has 0 radical (unpaired) electrons. The molecule has 2 heterocycles. The number of hydrogen-bond acceptors (Lipinski definition) is 6. The zero-order valence-electron chi connectivity index (χ0n) is 17.2. The highest BCUT2D eigenvalue weighted by Gasteiger charge is 2.22. The molecular formula is C23H21N3O3S. The number of nitrogens with zero attached hydrogens (tertiary/aromatic N) is 3. The molecule has 0 atom stereocenters. The molecule has 0 N–H and O–H groups in total. The van der Waals surface area contributed by atoms with E-state index in [-0.39, 0.29) is 6.42 Å². The van der Waals surface area contributed by atoms with Gasteiger partial charge in [-0.1, -0.05) is 0 Å². The Kier molecular flexibility index (Phi) is 5.34. The minimum Gasteiger partial charge on any atom is -0.497 e. The first-order chi connectivity index (χ1) is 14.6. The van der Waals surface area contributed by atoms with Gasteiger partial charge in [-0.2, -0.15) is 5.26 Å². The molecule has 2 aromatic heterocycles. The number of aromatic nitrogens is 2. The summed E-state index contributed by atoms with van der Waals surface area (Å²) < 4.78 is 18.2. The summed E-state index contributed by atoms with van der Waals surface area (Å²) in [5.74, 6) is 2.08. The number of hydrogen-bond donors (Lipinski definition) is 0. The van der Waals surface area contributed by atoms with Crippen molar-refractivity contribution in [3.63, 3.8) is 0 Å². The van der Waals surface area contributed by atoms with Crippen LogP contribution in [0.15, 0.2) is 42.5 Å². The lowest BCUT2D eigenvalue weighted by atomic mass is 10.1. The Hall–Kier alpha value is -3.50. The Morgan fingerprint density at radius 3 is 2.30 bits per heavy atom. The maximum Gasteiger partial charge on any atom is 0.195 e. The molecule has 4 aromatic rings. The number of methoxy groups -OCH3 is 3. The number of fused-ring (bicyclic) bond motifs is 1.